The van der Waals surface area contributed by atoms with E-state index >= 15 is 0 Å². The number of aryl methyl sites for hydroxylation is 1. The summed E-state index contributed by atoms with van der Waals surface area (Å²) in [5, 5.41) is 5.45. The number of fused-ring (bicyclic) bond motifs is 1. The molecule has 3 fully saturated rings. The molecular weight excluding hydrogens is 390 g/mol. The van der Waals surface area contributed by atoms with Gasteiger partial charge in [-0.05, 0) is 24.6 Å². The number of nitrogens with one attached hydrogen (secondary N) is 2. The topological polar surface area (TPSA) is 115 Å². The van der Waals surface area contributed by atoms with E-state index in [1.165, 1.54) is 9.13 Å². The van der Waals surface area contributed by atoms with Crippen molar-refractivity contribution in [2.45, 2.75) is 31.1 Å². The normalized spacial score (nSPS) is 22.7. The van der Waals surface area contributed by atoms with E-state index in [-0.39, 0.29) is 42.6 Å². The molecule has 3 aliphatic rings. The SMILES string of the molecule is Cn1c(=O)n(C2CCC(=O)NC2=O)c2ccc(C(=O)N3CC(OC4CNC4)C3)cc21. The molecule has 0 saturated carbocycles. The summed E-state index contributed by atoms with van der Waals surface area (Å²) in [6, 6.07) is 4.32. The first kappa shape index (κ1) is 19.0. The summed E-state index contributed by atoms with van der Waals surface area (Å²) < 4.78 is 8.70. The molecule has 1 unspecified atom stereocenters. The molecule has 3 saturated heterocycles. The number of hydrogen-bond acceptors (Lipinski definition) is 6. The molecule has 4 heterocycles. The van der Waals surface area contributed by atoms with Gasteiger partial charge in [-0.1, -0.05) is 0 Å². The molecule has 1 atom stereocenters. The van der Waals surface area contributed by atoms with E-state index in [2.05, 4.69) is 10.6 Å². The minimum Gasteiger partial charge on any atom is -0.369 e. The van der Waals surface area contributed by atoms with E-state index in [1.54, 1.807) is 30.1 Å². The van der Waals surface area contributed by atoms with Crippen molar-refractivity contribution in [2.24, 2.45) is 7.05 Å². The van der Waals surface area contributed by atoms with Crippen LogP contribution in [0.1, 0.15) is 29.2 Å². The van der Waals surface area contributed by atoms with E-state index in [1.807, 2.05) is 0 Å². The quantitative estimate of drug-likeness (QED) is 0.630. The molecule has 2 N–H and O–H groups in total. The molecule has 2 aromatic rings. The molecule has 0 bridgehead atoms. The highest BCUT2D eigenvalue weighted by Crippen LogP contribution is 2.25. The zero-order valence-electron chi connectivity index (χ0n) is 16.6. The summed E-state index contributed by atoms with van der Waals surface area (Å²) in [7, 11) is 1.61. The number of aromatic nitrogens is 2. The molecule has 3 aliphatic heterocycles. The lowest BCUT2D eigenvalue weighted by atomic mass is 10.1. The van der Waals surface area contributed by atoms with Crippen LogP contribution >= 0.6 is 0 Å². The predicted molar refractivity (Wildman–Crippen MR) is 106 cm³/mol. The molecule has 0 aliphatic carbocycles. The first-order chi connectivity index (χ1) is 14.4. The van der Waals surface area contributed by atoms with E-state index in [9.17, 15) is 19.2 Å². The Kier molecular flexibility index (Phi) is 4.48. The number of ether oxygens (including phenoxy) is 1. The zero-order valence-corrected chi connectivity index (χ0v) is 16.6. The fourth-order valence-electron chi connectivity index (χ4n) is 4.23. The standard InChI is InChI=1S/C20H23N5O5/c1-23-16-6-11(19(28)24-9-13(10-24)30-12-7-21-8-12)2-3-14(16)25(20(23)29)15-4-5-17(26)22-18(15)27/h2-3,6,12-13,15,21H,4-5,7-10H2,1H3,(H,22,26,27). The van der Waals surface area contributed by atoms with E-state index in [4.69, 9.17) is 4.74 Å². The van der Waals surface area contributed by atoms with Crippen molar-refractivity contribution < 1.29 is 19.1 Å². The number of carbonyl (C=O) groups excluding carboxylic acids is 3. The van der Waals surface area contributed by atoms with Gasteiger partial charge in [0.1, 0.15) is 6.04 Å². The van der Waals surface area contributed by atoms with Crippen LogP contribution in [0.4, 0.5) is 0 Å². The highest BCUT2D eigenvalue weighted by molar-refractivity contribution is 6.01. The first-order valence-electron chi connectivity index (χ1n) is 10.1. The molecule has 0 spiro atoms. The van der Waals surface area contributed by atoms with Crippen LogP contribution in [0.25, 0.3) is 11.0 Å². The van der Waals surface area contributed by atoms with Gasteiger partial charge in [0.15, 0.2) is 0 Å². The number of amides is 3. The Balaban J connectivity index is 1.38. The van der Waals surface area contributed by atoms with Gasteiger partial charge in [-0.15, -0.1) is 0 Å². The van der Waals surface area contributed by atoms with E-state index in [0.29, 0.717) is 29.7 Å². The molecule has 3 amide bonds. The Morgan fingerprint density at radius 2 is 1.87 bits per heavy atom. The average molecular weight is 413 g/mol. The van der Waals surface area contributed by atoms with Crippen molar-refractivity contribution >= 4 is 28.8 Å². The number of benzene rings is 1. The third-order valence-corrected chi connectivity index (χ3v) is 6.12. The van der Waals surface area contributed by atoms with Crippen LogP contribution < -0.4 is 16.3 Å². The Bertz CT molecular complexity index is 1110. The maximum Gasteiger partial charge on any atom is 0.329 e. The number of likely N-dealkylation sites (tertiary alicyclic amines) is 1. The highest BCUT2D eigenvalue weighted by atomic mass is 16.5. The van der Waals surface area contributed by atoms with Gasteiger partial charge in [0.05, 0.1) is 23.2 Å². The highest BCUT2D eigenvalue weighted by Gasteiger charge is 2.35. The summed E-state index contributed by atoms with van der Waals surface area (Å²) in [6.07, 6.45) is 0.772. The van der Waals surface area contributed by atoms with Crippen molar-refractivity contribution in [3.05, 3.63) is 34.2 Å². The number of nitrogens with zero attached hydrogens (tertiary/aromatic N) is 3. The minimum atomic E-state index is -0.741. The molecule has 30 heavy (non-hydrogen) atoms. The van der Waals surface area contributed by atoms with Gasteiger partial charge in [0.2, 0.25) is 11.8 Å². The average Bonchev–Trinajstić information content (AvgIpc) is 2.90. The molecule has 1 aromatic heterocycles. The van der Waals surface area contributed by atoms with Crippen LogP contribution in [0.3, 0.4) is 0 Å². The summed E-state index contributed by atoms with van der Waals surface area (Å²) in [4.78, 5) is 51.1. The smallest absolute Gasteiger partial charge is 0.329 e. The van der Waals surface area contributed by atoms with Crippen LogP contribution in [0, 0.1) is 0 Å². The maximum atomic E-state index is 12.8. The lowest BCUT2D eigenvalue weighted by Gasteiger charge is -2.42. The predicted octanol–water partition coefficient (Wildman–Crippen LogP) is -0.869. The lowest BCUT2D eigenvalue weighted by molar-refractivity contribution is -0.135. The molecule has 10 nitrogen and oxygen atoms in total. The van der Waals surface area contributed by atoms with Crippen LogP contribution in [0.15, 0.2) is 23.0 Å². The van der Waals surface area contributed by atoms with Crippen LogP contribution in [0.5, 0.6) is 0 Å². The molecule has 158 valence electrons. The second-order valence-electron chi connectivity index (χ2n) is 8.13. The molecule has 10 heteroatoms. The van der Waals surface area contributed by atoms with Crippen LogP contribution in [-0.2, 0) is 21.4 Å². The minimum absolute atomic E-state index is 0.0720. The van der Waals surface area contributed by atoms with E-state index in [0.717, 1.165) is 13.1 Å². The van der Waals surface area contributed by atoms with Crippen molar-refractivity contribution in [3.63, 3.8) is 0 Å². The Labute approximate surface area is 171 Å². The van der Waals surface area contributed by atoms with Gasteiger partial charge >= 0.3 is 5.69 Å². The van der Waals surface area contributed by atoms with Crippen molar-refractivity contribution in [1.82, 2.24) is 24.7 Å². The number of imide groups is 1. The molecule has 5 rings (SSSR count). The monoisotopic (exact) mass is 413 g/mol. The zero-order chi connectivity index (χ0) is 21.0. The first-order valence-corrected chi connectivity index (χ1v) is 10.1. The summed E-state index contributed by atoms with van der Waals surface area (Å²) in [6.45, 7) is 2.84. The molecule has 1 aromatic carbocycles. The Hall–Kier alpha value is -2.98. The van der Waals surface area contributed by atoms with Gasteiger partial charge in [-0.25, -0.2) is 4.79 Å². The number of carbonyl (C=O) groups is 3. The second-order valence-corrected chi connectivity index (χ2v) is 8.13. The Morgan fingerprint density at radius 3 is 2.53 bits per heavy atom. The van der Waals surface area contributed by atoms with Gasteiger partial charge in [0.25, 0.3) is 5.91 Å². The van der Waals surface area contributed by atoms with Crippen molar-refractivity contribution in [3.8, 4) is 0 Å². The fraction of sp³-hybridized carbons (Fsp3) is 0.500. The van der Waals surface area contributed by atoms with Gasteiger partial charge in [-0.3, -0.25) is 28.8 Å². The molecule has 0 radical (unpaired) electrons. The summed E-state index contributed by atoms with van der Waals surface area (Å²) in [5.41, 5.74) is 1.28. The maximum absolute atomic E-state index is 12.8. The third-order valence-electron chi connectivity index (χ3n) is 6.12. The van der Waals surface area contributed by atoms with Crippen molar-refractivity contribution in [1.29, 1.82) is 0 Å². The number of hydrogen-bond donors (Lipinski definition) is 2. The van der Waals surface area contributed by atoms with Gasteiger partial charge < -0.3 is 15.0 Å². The van der Waals surface area contributed by atoms with E-state index < -0.39 is 11.9 Å². The van der Waals surface area contributed by atoms with Gasteiger partial charge in [-0.2, -0.15) is 0 Å². The van der Waals surface area contributed by atoms with Crippen molar-refractivity contribution in [2.75, 3.05) is 26.2 Å². The number of piperidine rings is 1. The fourth-order valence-corrected chi connectivity index (χ4v) is 4.23. The third kappa shape index (κ3) is 3.03. The molecular formula is C20H23N5O5. The Morgan fingerprint density at radius 1 is 1.10 bits per heavy atom. The van der Waals surface area contributed by atoms with Crippen LogP contribution in [-0.4, -0.2) is 70.1 Å². The second kappa shape index (κ2) is 7.06. The summed E-state index contributed by atoms with van der Waals surface area (Å²) >= 11 is 0. The lowest BCUT2D eigenvalue weighted by Crippen LogP contribution is -2.59. The van der Waals surface area contributed by atoms with Crippen LogP contribution in [0.2, 0.25) is 0 Å². The largest absolute Gasteiger partial charge is 0.369 e. The number of imidazole rings is 1. The number of rotatable bonds is 4. The van der Waals surface area contributed by atoms with Gasteiger partial charge in [0, 0.05) is 45.2 Å². The summed E-state index contributed by atoms with van der Waals surface area (Å²) in [5.74, 6) is -0.915.